The van der Waals surface area contributed by atoms with Crippen molar-refractivity contribution in [3.63, 3.8) is 0 Å². The lowest BCUT2D eigenvalue weighted by molar-refractivity contribution is -0.115. The molecule has 0 fully saturated rings. The molecule has 0 bridgehead atoms. The number of hydrogen-bond donors (Lipinski definition) is 3. The molecule has 2 amide bonds. The van der Waals surface area contributed by atoms with Gasteiger partial charge in [-0.1, -0.05) is 0 Å². The molecule has 2 aromatic rings. The van der Waals surface area contributed by atoms with E-state index in [-0.39, 0.29) is 30.1 Å². The van der Waals surface area contributed by atoms with Crippen molar-refractivity contribution in [3.8, 4) is 23.0 Å². The molecule has 10 nitrogen and oxygen atoms in total. The fraction of sp³-hybridized carbons (Fsp3) is 0.261. The van der Waals surface area contributed by atoms with Crippen LogP contribution in [0.3, 0.4) is 0 Å². The van der Waals surface area contributed by atoms with Crippen LogP contribution < -0.4 is 30.7 Å². The van der Waals surface area contributed by atoms with Gasteiger partial charge in [-0.15, -0.1) is 0 Å². The number of ether oxygens (including phenoxy) is 4. The van der Waals surface area contributed by atoms with E-state index in [1.807, 2.05) is 6.92 Å². The Morgan fingerprint density at radius 2 is 2.03 bits per heavy atom. The molecule has 174 valence electrons. The second kappa shape index (κ2) is 10.5. The molecule has 0 aromatic heterocycles. The Hall–Kier alpha value is -4.05. The van der Waals surface area contributed by atoms with Crippen LogP contribution in [0.1, 0.15) is 27.6 Å². The normalized spacial score (nSPS) is 13.8. The molecular formula is C23H27N4O6+. The highest BCUT2D eigenvalue weighted by molar-refractivity contribution is 6.08. The van der Waals surface area contributed by atoms with Crippen LogP contribution in [0.15, 0.2) is 48.7 Å². The summed E-state index contributed by atoms with van der Waals surface area (Å²) in [6.07, 6.45) is 2.32. The monoisotopic (exact) mass is 455 g/mol. The molecule has 3 rings (SSSR count). The molecule has 1 heterocycles. The van der Waals surface area contributed by atoms with Crippen molar-refractivity contribution in [2.75, 3.05) is 27.5 Å². The first-order valence-electron chi connectivity index (χ1n) is 10.1. The van der Waals surface area contributed by atoms with E-state index < -0.39 is 5.91 Å². The van der Waals surface area contributed by atoms with E-state index in [0.717, 1.165) is 0 Å². The van der Waals surface area contributed by atoms with Gasteiger partial charge >= 0.3 is 5.91 Å². The largest absolute Gasteiger partial charge is 0.488 e. The molecule has 0 saturated carbocycles. The third-order valence-electron chi connectivity index (χ3n) is 4.59. The van der Waals surface area contributed by atoms with E-state index >= 15 is 0 Å². The zero-order chi connectivity index (χ0) is 24.0. The minimum atomic E-state index is -0.470. The van der Waals surface area contributed by atoms with Crippen LogP contribution in [0.5, 0.6) is 23.0 Å². The Bertz CT molecular complexity index is 1080. The van der Waals surface area contributed by atoms with Gasteiger partial charge in [0.15, 0.2) is 6.73 Å². The first-order valence-corrected chi connectivity index (χ1v) is 10.1. The molecular weight excluding hydrogens is 428 g/mol. The number of nitrogens with two attached hydrogens (primary N) is 2. The highest BCUT2D eigenvalue weighted by atomic mass is 16.5. The van der Waals surface area contributed by atoms with Crippen molar-refractivity contribution in [1.29, 1.82) is 0 Å². The summed E-state index contributed by atoms with van der Waals surface area (Å²) >= 11 is 0. The van der Waals surface area contributed by atoms with Crippen molar-refractivity contribution in [1.82, 2.24) is 10.2 Å². The summed E-state index contributed by atoms with van der Waals surface area (Å²) in [5, 5.41) is 8.26. The molecule has 0 radical (unpaired) electrons. The molecule has 1 aliphatic rings. The van der Waals surface area contributed by atoms with Gasteiger partial charge < -0.3 is 29.6 Å². The minimum absolute atomic E-state index is 0.0884. The number of benzene rings is 2. The van der Waals surface area contributed by atoms with Crippen LogP contribution in [0.25, 0.3) is 0 Å². The van der Waals surface area contributed by atoms with Crippen molar-refractivity contribution in [3.05, 3.63) is 59.8 Å². The van der Waals surface area contributed by atoms with Crippen molar-refractivity contribution < 1.29 is 33.9 Å². The molecule has 0 saturated heterocycles. The molecule has 0 spiro atoms. The number of amides is 2. The molecule has 2 aromatic carbocycles. The SMILES string of the molecule is COC[C@H](C)Oc1cc(Oc2ccc3c(c2)OCN(C)C3=O)cc(C(=O)NC(=[NH2+])/C=C\N)c1. The lowest BCUT2D eigenvalue weighted by atomic mass is 10.1. The number of nitrogens with one attached hydrogen (secondary N) is 1. The van der Waals surface area contributed by atoms with Gasteiger partial charge in [-0.25, -0.2) is 10.1 Å². The Kier molecular flexibility index (Phi) is 7.52. The summed E-state index contributed by atoms with van der Waals surface area (Å²) < 4.78 is 22.5. The third kappa shape index (κ3) is 6.01. The van der Waals surface area contributed by atoms with Crippen LogP contribution in [-0.4, -0.2) is 56.1 Å². The van der Waals surface area contributed by atoms with Crippen LogP contribution in [0.4, 0.5) is 0 Å². The zero-order valence-electron chi connectivity index (χ0n) is 18.7. The Labute approximate surface area is 191 Å². The Morgan fingerprint density at radius 3 is 2.76 bits per heavy atom. The van der Waals surface area contributed by atoms with Gasteiger partial charge in [0, 0.05) is 38.6 Å². The molecule has 5 N–H and O–H groups in total. The number of methoxy groups -OCH3 is 1. The van der Waals surface area contributed by atoms with Crippen molar-refractivity contribution in [2.45, 2.75) is 13.0 Å². The van der Waals surface area contributed by atoms with Gasteiger partial charge in [0.2, 0.25) is 0 Å². The molecule has 0 aliphatic carbocycles. The van der Waals surface area contributed by atoms with E-state index in [0.29, 0.717) is 35.2 Å². The highest BCUT2D eigenvalue weighted by Gasteiger charge is 2.23. The summed E-state index contributed by atoms with van der Waals surface area (Å²) in [5.74, 6) is 1.08. The van der Waals surface area contributed by atoms with Gasteiger partial charge in [-0.2, -0.15) is 0 Å². The quantitative estimate of drug-likeness (QED) is 0.393. The van der Waals surface area contributed by atoms with Crippen LogP contribution >= 0.6 is 0 Å². The summed E-state index contributed by atoms with van der Waals surface area (Å²) in [7, 11) is 3.23. The number of rotatable bonds is 8. The van der Waals surface area contributed by atoms with E-state index in [9.17, 15) is 9.59 Å². The maximum Gasteiger partial charge on any atom is 0.339 e. The summed E-state index contributed by atoms with van der Waals surface area (Å²) in [6.45, 7) is 2.35. The Balaban J connectivity index is 1.89. The van der Waals surface area contributed by atoms with Crippen LogP contribution in [0, 0.1) is 0 Å². The third-order valence-corrected chi connectivity index (χ3v) is 4.59. The van der Waals surface area contributed by atoms with E-state index in [4.69, 9.17) is 30.1 Å². The topological polar surface area (TPSA) is 138 Å². The van der Waals surface area contributed by atoms with Gasteiger partial charge in [0.05, 0.1) is 17.7 Å². The minimum Gasteiger partial charge on any atom is -0.488 e. The first-order chi connectivity index (χ1) is 15.8. The molecule has 1 aliphatic heterocycles. The second-order valence-corrected chi connectivity index (χ2v) is 7.38. The summed E-state index contributed by atoms with van der Waals surface area (Å²) in [6, 6.07) is 9.66. The fourth-order valence-corrected chi connectivity index (χ4v) is 3.11. The van der Waals surface area contributed by atoms with Gasteiger partial charge in [0.25, 0.3) is 11.7 Å². The number of nitrogens with zero attached hydrogens (tertiary/aromatic N) is 1. The first kappa shape index (κ1) is 23.6. The summed E-state index contributed by atoms with van der Waals surface area (Å²) in [5.41, 5.74) is 6.01. The maximum atomic E-state index is 12.7. The van der Waals surface area contributed by atoms with Gasteiger partial charge in [-0.3, -0.25) is 10.2 Å². The Morgan fingerprint density at radius 1 is 1.27 bits per heavy atom. The van der Waals surface area contributed by atoms with Crippen molar-refractivity contribution in [2.24, 2.45) is 5.73 Å². The van der Waals surface area contributed by atoms with Crippen LogP contribution in [-0.2, 0) is 4.74 Å². The van der Waals surface area contributed by atoms with Crippen LogP contribution in [0.2, 0.25) is 0 Å². The molecule has 0 unspecified atom stereocenters. The predicted octanol–water partition coefficient (Wildman–Crippen LogP) is 0.674. The average Bonchev–Trinajstić information content (AvgIpc) is 2.76. The lowest BCUT2D eigenvalue weighted by Crippen LogP contribution is -2.49. The van der Waals surface area contributed by atoms with Crippen molar-refractivity contribution >= 4 is 17.6 Å². The molecule has 10 heteroatoms. The second-order valence-electron chi connectivity index (χ2n) is 7.38. The van der Waals surface area contributed by atoms with Gasteiger partial charge in [0.1, 0.15) is 29.1 Å². The highest BCUT2D eigenvalue weighted by Crippen LogP contribution is 2.33. The number of carbonyl (C=O) groups is 2. The molecule has 33 heavy (non-hydrogen) atoms. The number of hydrogen-bond acceptors (Lipinski definition) is 7. The smallest absolute Gasteiger partial charge is 0.339 e. The predicted molar refractivity (Wildman–Crippen MR) is 120 cm³/mol. The van der Waals surface area contributed by atoms with E-state index in [2.05, 4.69) is 5.32 Å². The standard InChI is InChI=1S/C23H26N4O6/c1-14(12-30-3)32-17-8-15(22(28)26-21(25)6-7-24)9-18(10-17)33-16-4-5-19-20(11-16)31-13-27(2)23(19)29/h4-11,14H,12-13,24H2,1-3H3,(H2,25,26,28)/p+1/b7-6-/t14-/m0/s1. The number of fused-ring (bicyclic) bond motifs is 1. The van der Waals surface area contributed by atoms with E-state index in [1.165, 1.54) is 17.2 Å². The zero-order valence-corrected chi connectivity index (χ0v) is 18.7. The lowest BCUT2D eigenvalue weighted by Gasteiger charge is -2.25. The maximum absolute atomic E-state index is 12.7. The summed E-state index contributed by atoms with van der Waals surface area (Å²) in [4.78, 5) is 26.4. The average molecular weight is 455 g/mol. The number of amidine groups is 1. The van der Waals surface area contributed by atoms with Gasteiger partial charge in [-0.05, 0) is 31.2 Å². The number of carbonyl (C=O) groups excluding carboxylic acids is 2. The fourth-order valence-electron chi connectivity index (χ4n) is 3.11. The van der Waals surface area contributed by atoms with E-state index in [1.54, 1.807) is 50.6 Å². The molecule has 1 atom stereocenters.